The highest BCUT2D eigenvalue weighted by molar-refractivity contribution is 5.71. The van der Waals surface area contributed by atoms with Crippen molar-refractivity contribution in [2.45, 2.75) is 64.4 Å². The first-order valence-electron chi connectivity index (χ1n) is 7.40. The van der Waals surface area contributed by atoms with Crippen LogP contribution in [0.25, 0.3) is 0 Å². The Kier molecular flexibility index (Phi) is 2.99. The van der Waals surface area contributed by atoms with Crippen LogP contribution >= 0.6 is 0 Å². The molecule has 4 rings (SSSR count). The predicted octanol–water partition coefficient (Wildman–Crippen LogP) is 3.85. The van der Waals surface area contributed by atoms with Gasteiger partial charge in [0.2, 0.25) is 0 Å². The fourth-order valence-corrected chi connectivity index (χ4v) is 4.73. The van der Waals surface area contributed by atoms with Crippen molar-refractivity contribution in [3.63, 3.8) is 0 Å². The van der Waals surface area contributed by atoms with E-state index in [1.54, 1.807) is 0 Å². The summed E-state index contributed by atoms with van der Waals surface area (Å²) in [6, 6.07) is 0. The number of hydrogen-bond donors (Lipinski definition) is 0. The second kappa shape index (κ2) is 4.40. The zero-order valence-electron chi connectivity index (χ0n) is 11.6. The third-order valence-corrected chi connectivity index (χ3v) is 4.99. The van der Waals surface area contributed by atoms with Crippen LogP contribution in [0.1, 0.15) is 58.8 Å². The highest BCUT2D eigenvalue weighted by atomic mass is 16.6. The molecule has 4 bridgehead atoms. The van der Waals surface area contributed by atoms with Crippen molar-refractivity contribution in [1.82, 2.24) is 0 Å². The van der Waals surface area contributed by atoms with E-state index in [4.69, 9.17) is 4.74 Å². The second-order valence-electron chi connectivity index (χ2n) is 7.06. The molecule has 2 nitrogen and oxygen atoms in total. The molecule has 18 heavy (non-hydrogen) atoms. The van der Waals surface area contributed by atoms with Gasteiger partial charge in [-0.3, -0.25) is 4.79 Å². The number of hydrogen-bond acceptors (Lipinski definition) is 2. The summed E-state index contributed by atoms with van der Waals surface area (Å²) in [4.78, 5) is 12.0. The maximum absolute atomic E-state index is 12.0. The maximum Gasteiger partial charge on any atom is 0.310 e. The molecule has 0 aliphatic heterocycles. The summed E-state index contributed by atoms with van der Waals surface area (Å²) in [5.41, 5.74) is 1.12. The molecule has 4 fully saturated rings. The standard InChI is InChI=1S/C16H24O2/c1-11(2)3-4-15(17)18-16-8-12-5-13(9-16)7-14(6-12)10-16/h3,12-14H,4-10H2,1-2H3. The van der Waals surface area contributed by atoms with Crippen LogP contribution < -0.4 is 0 Å². The molecule has 100 valence electrons. The summed E-state index contributed by atoms with van der Waals surface area (Å²) < 4.78 is 5.92. The highest BCUT2D eigenvalue weighted by Crippen LogP contribution is 2.57. The van der Waals surface area contributed by atoms with E-state index in [0.717, 1.165) is 37.0 Å². The smallest absolute Gasteiger partial charge is 0.310 e. The molecule has 0 atom stereocenters. The first-order chi connectivity index (χ1) is 8.55. The minimum Gasteiger partial charge on any atom is -0.459 e. The summed E-state index contributed by atoms with van der Waals surface area (Å²) >= 11 is 0. The fraction of sp³-hybridized carbons (Fsp3) is 0.812. The normalized spacial score (nSPS) is 40.7. The lowest BCUT2D eigenvalue weighted by molar-refractivity contribution is -0.185. The summed E-state index contributed by atoms with van der Waals surface area (Å²) in [6.45, 7) is 4.05. The molecule has 0 aromatic heterocycles. The minimum atomic E-state index is -0.0681. The van der Waals surface area contributed by atoms with Crippen LogP contribution in [0.3, 0.4) is 0 Å². The Balaban J connectivity index is 1.65. The van der Waals surface area contributed by atoms with Gasteiger partial charge in [0.1, 0.15) is 5.60 Å². The van der Waals surface area contributed by atoms with Gasteiger partial charge in [-0.25, -0.2) is 0 Å². The van der Waals surface area contributed by atoms with Crippen molar-refractivity contribution in [2.75, 3.05) is 0 Å². The third-order valence-electron chi connectivity index (χ3n) is 4.99. The van der Waals surface area contributed by atoms with E-state index in [1.807, 2.05) is 19.9 Å². The molecule has 0 amide bonds. The van der Waals surface area contributed by atoms with Crippen LogP contribution in [0, 0.1) is 17.8 Å². The van der Waals surface area contributed by atoms with Crippen LogP contribution in [0.5, 0.6) is 0 Å². The van der Waals surface area contributed by atoms with Gasteiger partial charge in [-0.1, -0.05) is 11.6 Å². The maximum atomic E-state index is 12.0. The van der Waals surface area contributed by atoms with E-state index in [2.05, 4.69) is 0 Å². The lowest BCUT2D eigenvalue weighted by atomic mass is 9.54. The molecule has 4 saturated carbocycles. The molecule has 4 aliphatic carbocycles. The Hall–Kier alpha value is -0.790. The minimum absolute atomic E-state index is 0.0156. The third kappa shape index (κ3) is 2.34. The van der Waals surface area contributed by atoms with E-state index in [0.29, 0.717) is 6.42 Å². The van der Waals surface area contributed by atoms with E-state index in [-0.39, 0.29) is 11.6 Å². The van der Waals surface area contributed by atoms with Crippen molar-refractivity contribution in [2.24, 2.45) is 17.8 Å². The van der Waals surface area contributed by atoms with Gasteiger partial charge in [-0.15, -0.1) is 0 Å². The monoisotopic (exact) mass is 248 g/mol. The number of carbonyl (C=O) groups is 1. The van der Waals surface area contributed by atoms with Gasteiger partial charge in [-0.2, -0.15) is 0 Å². The largest absolute Gasteiger partial charge is 0.459 e. The Morgan fingerprint density at radius 3 is 2.06 bits per heavy atom. The summed E-state index contributed by atoms with van der Waals surface area (Å²) in [5, 5.41) is 0. The summed E-state index contributed by atoms with van der Waals surface area (Å²) in [7, 11) is 0. The van der Waals surface area contributed by atoms with Crippen LogP contribution in [-0.4, -0.2) is 11.6 Å². The fourth-order valence-electron chi connectivity index (χ4n) is 4.73. The molecule has 0 saturated heterocycles. The van der Waals surface area contributed by atoms with Crippen molar-refractivity contribution >= 4 is 5.97 Å². The molecule has 0 unspecified atom stereocenters. The number of ether oxygens (including phenoxy) is 1. The number of carbonyl (C=O) groups excluding carboxylic acids is 1. The van der Waals surface area contributed by atoms with Crippen LogP contribution in [0.4, 0.5) is 0 Å². The van der Waals surface area contributed by atoms with E-state index < -0.39 is 0 Å². The Bertz CT molecular complexity index is 341. The molecule has 0 radical (unpaired) electrons. The Morgan fingerprint density at radius 1 is 1.11 bits per heavy atom. The molecule has 0 N–H and O–H groups in total. The quantitative estimate of drug-likeness (QED) is 0.560. The zero-order valence-corrected chi connectivity index (χ0v) is 11.6. The lowest BCUT2D eigenvalue weighted by Gasteiger charge is -2.55. The van der Waals surface area contributed by atoms with E-state index >= 15 is 0 Å². The van der Waals surface area contributed by atoms with Gasteiger partial charge in [0.05, 0.1) is 6.42 Å². The van der Waals surface area contributed by atoms with Crippen LogP contribution in [0.15, 0.2) is 11.6 Å². The molecule has 0 aromatic carbocycles. The second-order valence-corrected chi connectivity index (χ2v) is 7.06. The highest BCUT2D eigenvalue weighted by Gasteiger charge is 2.53. The molecule has 0 aromatic rings. The Morgan fingerprint density at radius 2 is 1.61 bits per heavy atom. The average Bonchev–Trinajstić information content (AvgIpc) is 2.23. The average molecular weight is 248 g/mol. The van der Waals surface area contributed by atoms with Crippen LogP contribution in [-0.2, 0) is 9.53 Å². The van der Waals surface area contributed by atoms with Gasteiger partial charge >= 0.3 is 5.97 Å². The summed E-state index contributed by atoms with van der Waals surface area (Å²) in [5.74, 6) is 2.51. The molecular weight excluding hydrogens is 224 g/mol. The first-order valence-corrected chi connectivity index (χ1v) is 7.40. The lowest BCUT2D eigenvalue weighted by Crippen LogP contribution is -2.52. The predicted molar refractivity (Wildman–Crippen MR) is 71.0 cm³/mol. The van der Waals surface area contributed by atoms with Crippen molar-refractivity contribution < 1.29 is 9.53 Å². The topological polar surface area (TPSA) is 26.3 Å². The van der Waals surface area contributed by atoms with Crippen molar-refractivity contribution in [3.05, 3.63) is 11.6 Å². The molecule has 2 heteroatoms. The van der Waals surface area contributed by atoms with Gasteiger partial charge in [-0.05, 0) is 70.1 Å². The van der Waals surface area contributed by atoms with E-state index in [1.165, 1.54) is 24.8 Å². The van der Waals surface area contributed by atoms with Gasteiger partial charge in [0.25, 0.3) is 0 Å². The molecule has 0 heterocycles. The molecular formula is C16H24O2. The first kappa shape index (κ1) is 12.3. The van der Waals surface area contributed by atoms with Gasteiger partial charge in [0.15, 0.2) is 0 Å². The molecule has 0 spiro atoms. The summed E-state index contributed by atoms with van der Waals surface area (Å²) in [6.07, 6.45) is 10.0. The van der Waals surface area contributed by atoms with Crippen molar-refractivity contribution in [3.8, 4) is 0 Å². The van der Waals surface area contributed by atoms with Gasteiger partial charge in [0, 0.05) is 0 Å². The molecule has 4 aliphatic rings. The van der Waals surface area contributed by atoms with Crippen molar-refractivity contribution in [1.29, 1.82) is 0 Å². The number of rotatable bonds is 3. The zero-order chi connectivity index (χ0) is 12.8. The van der Waals surface area contributed by atoms with Gasteiger partial charge < -0.3 is 4.74 Å². The number of allylic oxidation sites excluding steroid dienone is 1. The van der Waals surface area contributed by atoms with Crippen LogP contribution in [0.2, 0.25) is 0 Å². The number of esters is 1. The van der Waals surface area contributed by atoms with E-state index in [9.17, 15) is 4.79 Å². The SMILES string of the molecule is CC(C)=CCC(=O)OC12CC3CC(CC(C3)C1)C2. The Labute approximate surface area is 110 Å².